The van der Waals surface area contributed by atoms with Gasteiger partial charge in [0, 0.05) is 18.7 Å². The second-order valence-electron chi connectivity index (χ2n) is 4.32. The molecule has 20 heavy (non-hydrogen) atoms. The SMILES string of the molecule is CC(CCCO)NC(=O)C(=O)Nc1cc(F)ccc1F. The van der Waals surface area contributed by atoms with E-state index in [4.69, 9.17) is 5.11 Å². The largest absolute Gasteiger partial charge is 0.396 e. The van der Waals surface area contributed by atoms with Crippen molar-refractivity contribution in [3.8, 4) is 0 Å². The summed E-state index contributed by atoms with van der Waals surface area (Å²) in [5.74, 6) is -3.58. The lowest BCUT2D eigenvalue weighted by Crippen LogP contribution is -2.40. The highest BCUT2D eigenvalue weighted by molar-refractivity contribution is 6.39. The number of carbonyl (C=O) groups is 2. The molecule has 5 nitrogen and oxygen atoms in total. The van der Waals surface area contributed by atoms with Crippen LogP contribution in [0.1, 0.15) is 19.8 Å². The number of hydrogen-bond acceptors (Lipinski definition) is 3. The van der Waals surface area contributed by atoms with Gasteiger partial charge in [-0.3, -0.25) is 9.59 Å². The number of hydrogen-bond donors (Lipinski definition) is 3. The molecular weight excluding hydrogens is 270 g/mol. The summed E-state index contributed by atoms with van der Waals surface area (Å²) in [6.07, 6.45) is 0.992. The predicted octanol–water partition coefficient (Wildman–Crippen LogP) is 1.18. The first-order chi connectivity index (χ1) is 9.43. The molecule has 0 aliphatic heterocycles. The smallest absolute Gasteiger partial charge is 0.313 e. The standard InChI is InChI=1S/C13H16F2N2O3/c1-8(3-2-6-18)16-12(19)13(20)17-11-7-9(14)4-5-10(11)15/h4-5,7-8,18H,2-3,6H2,1H3,(H,16,19)(H,17,20). The van der Waals surface area contributed by atoms with Crippen LogP contribution in [-0.2, 0) is 9.59 Å². The second-order valence-corrected chi connectivity index (χ2v) is 4.32. The first-order valence-corrected chi connectivity index (χ1v) is 6.11. The lowest BCUT2D eigenvalue weighted by Gasteiger charge is -2.13. The summed E-state index contributed by atoms with van der Waals surface area (Å²) in [6.45, 7) is 1.66. The molecule has 3 N–H and O–H groups in total. The van der Waals surface area contributed by atoms with E-state index in [1.165, 1.54) is 0 Å². The molecule has 0 spiro atoms. The monoisotopic (exact) mass is 286 g/mol. The third kappa shape index (κ3) is 4.93. The Balaban J connectivity index is 2.57. The minimum Gasteiger partial charge on any atom is -0.396 e. The molecular formula is C13H16F2N2O3. The van der Waals surface area contributed by atoms with Crippen molar-refractivity contribution in [1.82, 2.24) is 5.32 Å². The normalized spacial score (nSPS) is 11.8. The molecule has 1 rings (SSSR count). The van der Waals surface area contributed by atoms with Crippen LogP contribution in [-0.4, -0.2) is 29.6 Å². The van der Waals surface area contributed by atoms with Crippen LogP contribution in [0.15, 0.2) is 18.2 Å². The summed E-state index contributed by atoms with van der Waals surface area (Å²) in [7, 11) is 0. The average molecular weight is 286 g/mol. The number of nitrogens with one attached hydrogen (secondary N) is 2. The van der Waals surface area contributed by atoms with Crippen molar-refractivity contribution in [2.45, 2.75) is 25.8 Å². The summed E-state index contributed by atoms with van der Waals surface area (Å²) in [6, 6.07) is 2.24. The van der Waals surface area contributed by atoms with E-state index in [9.17, 15) is 18.4 Å². The molecule has 7 heteroatoms. The molecule has 0 saturated heterocycles. The lowest BCUT2D eigenvalue weighted by atomic mass is 10.2. The number of carbonyl (C=O) groups excluding carboxylic acids is 2. The van der Waals surface area contributed by atoms with Gasteiger partial charge >= 0.3 is 11.8 Å². The van der Waals surface area contributed by atoms with E-state index < -0.39 is 29.1 Å². The highest BCUT2D eigenvalue weighted by atomic mass is 19.1. The van der Waals surface area contributed by atoms with Crippen LogP contribution < -0.4 is 10.6 Å². The first-order valence-electron chi connectivity index (χ1n) is 6.11. The Morgan fingerprint density at radius 2 is 2.00 bits per heavy atom. The zero-order valence-electron chi connectivity index (χ0n) is 11.0. The molecule has 0 fully saturated rings. The maximum absolute atomic E-state index is 13.3. The molecule has 1 aromatic rings. The number of aliphatic hydroxyl groups excluding tert-OH is 1. The number of rotatable bonds is 5. The topological polar surface area (TPSA) is 78.4 Å². The molecule has 110 valence electrons. The van der Waals surface area contributed by atoms with Crippen molar-refractivity contribution in [2.24, 2.45) is 0 Å². The molecule has 0 heterocycles. The van der Waals surface area contributed by atoms with Crippen molar-refractivity contribution in [3.05, 3.63) is 29.8 Å². The Morgan fingerprint density at radius 3 is 2.65 bits per heavy atom. The van der Waals surface area contributed by atoms with Crippen LogP contribution >= 0.6 is 0 Å². The van der Waals surface area contributed by atoms with Crippen molar-refractivity contribution in [3.63, 3.8) is 0 Å². The van der Waals surface area contributed by atoms with Gasteiger partial charge in [-0.1, -0.05) is 0 Å². The van der Waals surface area contributed by atoms with Crippen molar-refractivity contribution in [2.75, 3.05) is 11.9 Å². The van der Waals surface area contributed by atoms with E-state index in [1.54, 1.807) is 6.92 Å². The van der Waals surface area contributed by atoms with E-state index in [-0.39, 0.29) is 12.6 Å². The van der Waals surface area contributed by atoms with Crippen molar-refractivity contribution in [1.29, 1.82) is 0 Å². The molecule has 0 saturated carbocycles. The van der Waals surface area contributed by atoms with Crippen molar-refractivity contribution >= 4 is 17.5 Å². The quantitative estimate of drug-likeness (QED) is 0.711. The fourth-order valence-electron chi connectivity index (χ4n) is 1.53. The summed E-state index contributed by atoms with van der Waals surface area (Å²) in [5.41, 5.74) is -0.395. The Bertz CT molecular complexity index is 495. The number of amides is 2. The summed E-state index contributed by atoms with van der Waals surface area (Å²) in [5, 5.41) is 13.0. The van der Waals surface area contributed by atoms with Crippen LogP contribution in [0.2, 0.25) is 0 Å². The summed E-state index contributed by atoms with van der Waals surface area (Å²) < 4.78 is 26.2. The zero-order valence-corrected chi connectivity index (χ0v) is 11.0. The second kappa shape index (κ2) is 7.54. The van der Waals surface area contributed by atoms with Gasteiger partial charge < -0.3 is 15.7 Å². The molecule has 1 atom stereocenters. The first kappa shape index (κ1) is 16.0. The van der Waals surface area contributed by atoms with Crippen LogP contribution in [0, 0.1) is 11.6 Å². The molecule has 0 radical (unpaired) electrons. The van der Waals surface area contributed by atoms with Crippen LogP contribution in [0.4, 0.5) is 14.5 Å². The third-order valence-electron chi connectivity index (χ3n) is 2.56. The molecule has 0 bridgehead atoms. The Labute approximate surface area is 115 Å². The fraction of sp³-hybridized carbons (Fsp3) is 0.385. The van der Waals surface area contributed by atoms with E-state index in [0.717, 1.165) is 18.2 Å². The van der Waals surface area contributed by atoms with Gasteiger partial charge in [-0.15, -0.1) is 0 Å². The molecule has 2 amide bonds. The van der Waals surface area contributed by atoms with Gasteiger partial charge in [0.2, 0.25) is 0 Å². The number of benzene rings is 1. The zero-order chi connectivity index (χ0) is 15.1. The predicted molar refractivity (Wildman–Crippen MR) is 68.9 cm³/mol. The van der Waals surface area contributed by atoms with Gasteiger partial charge in [0.05, 0.1) is 5.69 Å². The molecule has 0 aliphatic carbocycles. The number of halogens is 2. The van der Waals surface area contributed by atoms with Gasteiger partial charge in [0.1, 0.15) is 11.6 Å². The van der Waals surface area contributed by atoms with Crippen LogP contribution in [0.5, 0.6) is 0 Å². The molecule has 0 aliphatic rings. The van der Waals surface area contributed by atoms with Gasteiger partial charge in [-0.2, -0.15) is 0 Å². The minimum atomic E-state index is -1.08. The fourth-order valence-corrected chi connectivity index (χ4v) is 1.53. The van der Waals surface area contributed by atoms with Gasteiger partial charge in [0.25, 0.3) is 0 Å². The maximum Gasteiger partial charge on any atom is 0.313 e. The summed E-state index contributed by atoms with van der Waals surface area (Å²) >= 11 is 0. The van der Waals surface area contributed by atoms with Gasteiger partial charge in [-0.25, -0.2) is 8.78 Å². The van der Waals surface area contributed by atoms with Crippen LogP contribution in [0.3, 0.4) is 0 Å². The third-order valence-corrected chi connectivity index (χ3v) is 2.56. The Kier molecular flexibility index (Phi) is 6.05. The van der Waals surface area contributed by atoms with Crippen LogP contribution in [0.25, 0.3) is 0 Å². The van der Waals surface area contributed by atoms with Gasteiger partial charge in [-0.05, 0) is 31.9 Å². The highest BCUT2D eigenvalue weighted by Crippen LogP contribution is 2.14. The Morgan fingerprint density at radius 1 is 1.30 bits per heavy atom. The number of aliphatic hydroxyl groups is 1. The molecule has 1 aromatic carbocycles. The van der Waals surface area contributed by atoms with Crippen molar-refractivity contribution < 1.29 is 23.5 Å². The number of anilines is 1. The highest BCUT2D eigenvalue weighted by Gasteiger charge is 2.17. The average Bonchev–Trinajstić information content (AvgIpc) is 2.40. The van der Waals surface area contributed by atoms with E-state index in [2.05, 4.69) is 5.32 Å². The van der Waals surface area contributed by atoms with E-state index in [0.29, 0.717) is 12.8 Å². The summed E-state index contributed by atoms with van der Waals surface area (Å²) in [4.78, 5) is 23.0. The Hall–Kier alpha value is -2.02. The lowest BCUT2D eigenvalue weighted by molar-refractivity contribution is -0.136. The van der Waals surface area contributed by atoms with E-state index in [1.807, 2.05) is 5.32 Å². The molecule has 0 aromatic heterocycles. The molecule has 1 unspecified atom stereocenters. The minimum absolute atomic E-state index is 0.0130. The maximum atomic E-state index is 13.3. The van der Waals surface area contributed by atoms with Gasteiger partial charge in [0.15, 0.2) is 0 Å². The van der Waals surface area contributed by atoms with E-state index >= 15 is 0 Å².